The van der Waals surface area contributed by atoms with Crippen LogP contribution >= 0.6 is 0 Å². The van der Waals surface area contributed by atoms with Crippen LogP contribution in [-0.4, -0.2) is 29.2 Å². The molecule has 1 amide bonds. The number of ether oxygens (including phenoxy) is 1. The van der Waals surface area contributed by atoms with Crippen LogP contribution in [0, 0.1) is 0 Å². The van der Waals surface area contributed by atoms with Gasteiger partial charge in [0.05, 0.1) is 29.1 Å². The van der Waals surface area contributed by atoms with Gasteiger partial charge in [0.15, 0.2) is 0 Å². The number of nitrogens with zero attached hydrogens (tertiary/aromatic N) is 1. The first kappa shape index (κ1) is 18.7. The predicted octanol–water partition coefficient (Wildman–Crippen LogP) is 3.85. The molecule has 0 spiro atoms. The summed E-state index contributed by atoms with van der Waals surface area (Å²) in [4.78, 5) is 28.2. The zero-order valence-corrected chi connectivity index (χ0v) is 16.1. The molecule has 0 unspecified atom stereocenters. The van der Waals surface area contributed by atoms with E-state index in [1.807, 2.05) is 54.6 Å². The van der Waals surface area contributed by atoms with Gasteiger partial charge < -0.3 is 9.72 Å². The number of aromatic amines is 1. The number of rotatable bonds is 6. The topological polar surface area (TPSA) is 83.6 Å². The molecule has 0 fully saturated rings. The van der Waals surface area contributed by atoms with Gasteiger partial charge in [-0.1, -0.05) is 48.5 Å². The molecule has 2 N–H and O–H groups in total. The fraction of sp³-hybridized carbons (Fsp3) is 0.174. The van der Waals surface area contributed by atoms with Gasteiger partial charge in [-0.2, -0.15) is 5.10 Å². The smallest absolute Gasteiger partial charge is 0.340 e. The lowest BCUT2D eigenvalue weighted by Crippen LogP contribution is -2.14. The summed E-state index contributed by atoms with van der Waals surface area (Å²) in [5, 5.41) is 4.96. The Hall–Kier alpha value is -3.67. The first-order valence-corrected chi connectivity index (χ1v) is 9.58. The second kappa shape index (κ2) is 8.14. The van der Waals surface area contributed by atoms with E-state index in [2.05, 4.69) is 15.5 Å². The Morgan fingerprint density at radius 3 is 2.62 bits per heavy atom. The van der Waals surface area contributed by atoms with Gasteiger partial charge in [-0.25, -0.2) is 10.2 Å². The van der Waals surface area contributed by atoms with Crippen LogP contribution < -0.4 is 5.43 Å². The van der Waals surface area contributed by atoms with Crippen LogP contribution in [0.1, 0.15) is 35.0 Å². The molecule has 0 bridgehead atoms. The molecular formula is C23H21N3O3. The van der Waals surface area contributed by atoms with E-state index in [4.69, 9.17) is 4.74 Å². The number of fused-ring (bicyclic) bond motifs is 1. The Kier molecular flexibility index (Phi) is 5.24. The number of H-pyrrole nitrogens is 1. The molecule has 1 aromatic heterocycles. The molecule has 1 aliphatic rings. The number of nitrogens with one attached hydrogen (secondary N) is 2. The largest absolute Gasteiger partial charge is 0.462 e. The van der Waals surface area contributed by atoms with Gasteiger partial charge in [-0.3, -0.25) is 4.79 Å². The number of aromatic nitrogens is 1. The summed E-state index contributed by atoms with van der Waals surface area (Å²) < 4.78 is 5.24. The fourth-order valence-electron chi connectivity index (χ4n) is 3.46. The lowest BCUT2D eigenvalue weighted by Gasteiger charge is -2.04. The van der Waals surface area contributed by atoms with E-state index in [9.17, 15) is 9.59 Å². The highest BCUT2D eigenvalue weighted by molar-refractivity contribution is 6.28. The Morgan fingerprint density at radius 2 is 1.83 bits per heavy atom. The summed E-state index contributed by atoms with van der Waals surface area (Å²) in [5.74, 6) is -0.695. The number of para-hydroxylation sites is 1. The third-order valence-corrected chi connectivity index (χ3v) is 4.84. The van der Waals surface area contributed by atoms with Gasteiger partial charge in [-0.15, -0.1) is 0 Å². The molecule has 2 aromatic carbocycles. The van der Waals surface area contributed by atoms with E-state index in [0.717, 1.165) is 17.3 Å². The van der Waals surface area contributed by atoms with E-state index < -0.39 is 5.97 Å². The molecule has 1 aliphatic heterocycles. The van der Waals surface area contributed by atoms with Crippen molar-refractivity contribution in [3.05, 3.63) is 77.0 Å². The van der Waals surface area contributed by atoms with Crippen molar-refractivity contribution < 1.29 is 14.3 Å². The third-order valence-electron chi connectivity index (χ3n) is 4.84. The van der Waals surface area contributed by atoms with E-state index in [1.54, 1.807) is 13.0 Å². The lowest BCUT2D eigenvalue weighted by molar-refractivity contribution is -0.116. The molecule has 2 heterocycles. The first-order valence-electron chi connectivity index (χ1n) is 9.58. The molecule has 4 rings (SSSR count). The Bertz CT molecular complexity index is 1130. The molecule has 29 heavy (non-hydrogen) atoms. The van der Waals surface area contributed by atoms with Crippen molar-refractivity contribution in [2.24, 2.45) is 5.10 Å². The van der Waals surface area contributed by atoms with Crippen LogP contribution in [0.3, 0.4) is 0 Å². The minimum atomic E-state index is -0.419. The van der Waals surface area contributed by atoms with Crippen LogP contribution in [0.15, 0.2) is 65.3 Å². The van der Waals surface area contributed by atoms with Gasteiger partial charge in [0.2, 0.25) is 0 Å². The zero-order chi connectivity index (χ0) is 20.2. The third kappa shape index (κ3) is 3.82. The molecule has 0 atom stereocenters. The number of carbonyl (C=O) groups excluding carboxylic acids is 2. The van der Waals surface area contributed by atoms with Gasteiger partial charge in [0.1, 0.15) is 0 Å². The standard InChI is InChI=1S/C23H21N3O3/c1-2-29-23(28)21-16-10-6-7-11-18(16)24-20(21)14-17-19(25-26-22(17)27)13-12-15-8-4-3-5-9-15/h3-11,14,24H,2,12-13H2,1H3,(H,26,27). The average molecular weight is 387 g/mol. The van der Waals surface area contributed by atoms with Crippen LogP contribution in [0.2, 0.25) is 0 Å². The molecular weight excluding hydrogens is 366 g/mol. The number of hydrogen-bond acceptors (Lipinski definition) is 4. The van der Waals surface area contributed by atoms with Crippen molar-refractivity contribution in [1.29, 1.82) is 0 Å². The quantitative estimate of drug-likeness (QED) is 0.498. The van der Waals surface area contributed by atoms with Crippen LogP contribution in [0.4, 0.5) is 0 Å². The predicted molar refractivity (Wildman–Crippen MR) is 113 cm³/mol. The summed E-state index contributed by atoms with van der Waals surface area (Å²) >= 11 is 0. The van der Waals surface area contributed by atoms with Crippen LogP contribution in [0.25, 0.3) is 17.0 Å². The molecule has 0 saturated heterocycles. The van der Waals surface area contributed by atoms with Crippen LogP contribution in [0.5, 0.6) is 0 Å². The van der Waals surface area contributed by atoms with E-state index in [0.29, 0.717) is 29.0 Å². The number of amides is 1. The molecule has 6 nitrogen and oxygen atoms in total. The van der Waals surface area contributed by atoms with Crippen molar-refractivity contribution >= 4 is 34.6 Å². The van der Waals surface area contributed by atoms with Gasteiger partial charge in [-0.05, 0) is 37.5 Å². The van der Waals surface area contributed by atoms with Crippen molar-refractivity contribution in [3.63, 3.8) is 0 Å². The summed E-state index contributed by atoms with van der Waals surface area (Å²) in [6.45, 7) is 2.04. The monoisotopic (exact) mass is 387 g/mol. The summed E-state index contributed by atoms with van der Waals surface area (Å²) in [7, 11) is 0. The minimum Gasteiger partial charge on any atom is -0.462 e. The summed E-state index contributed by atoms with van der Waals surface area (Å²) in [6.07, 6.45) is 3.07. The normalized spacial score (nSPS) is 14.9. The maximum atomic E-state index is 12.6. The number of benzene rings is 2. The number of esters is 1. The molecule has 146 valence electrons. The summed E-state index contributed by atoms with van der Waals surface area (Å²) in [6, 6.07) is 17.5. The molecule has 3 aromatic rings. The second-order valence-electron chi connectivity index (χ2n) is 6.72. The fourth-order valence-corrected chi connectivity index (χ4v) is 3.46. The number of carbonyl (C=O) groups is 2. The number of hydrazone groups is 1. The minimum absolute atomic E-state index is 0.276. The van der Waals surface area contributed by atoms with Gasteiger partial charge in [0, 0.05) is 10.9 Å². The lowest BCUT2D eigenvalue weighted by atomic mass is 10.0. The maximum Gasteiger partial charge on any atom is 0.340 e. The van der Waals surface area contributed by atoms with Crippen molar-refractivity contribution in [3.8, 4) is 0 Å². The Balaban J connectivity index is 1.69. The summed E-state index contributed by atoms with van der Waals surface area (Å²) in [5.41, 5.74) is 6.62. The molecule has 0 aliphatic carbocycles. The van der Waals surface area contributed by atoms with Gasteiger partial charge >= 0.3 is 5.97 Å². The SMILES string of the molecule is CCOC(=O)c1c(C=C2C(=O)NN=C2CCc2ccccc2)[nH]c2ccccc12. The highest BCUT2D eigenvalue weighted by Gasteiger charge is 2.25. The first-order chi connectivity index (χ1) is 14.2. The van der Waals surface area contributed by atoms with E-state index in [1.165, 1.54) is 5.56 Å². The highest BCUT2D eigenvalue weighted by atomic mass is 16.5. The second-order valence-corrected chi connectivity index (χ2v) is 6.72. The maximum absolute atomic E-state index is 12.6. The highest BCUT2D eigenvalue weighted by Crippen LogP contribution is 2.26. The zero-order valence-electron chi connectivity index (χ0n) is 16.1. The van der Waals surface area contributed by atoms with Gasteiger partial charge in [0.25, 0.3) is 5.91 Å². The Morgan fingerprint density at radius 1 is 1.07 bits per heavy atom. The van der Waals surface area contributed by atoms with Crippen LogP contribution in [-0.2, 0) is 16.0 Å². The van der Waals surface area contributed by atoms with E-state index >= 15 is 0 Å². The van der Waals surface area contributed by atoms with E-state index in [-0.39, 0.29) is 12.5 Å². The number of aryl methyl sites for hydroxylation is 1. The molecule has 0 radical (unpaired) electrons. The molecule has 0 saturated carbocycles. The van der Waals surface area contributed by atoms with Crippen molar-refractivity contribution in [2.75, 3.05) is 6.61 Å². The Labute approximate surface area is 168 Å². The van der Waals surface area contributed by atoms with Crippen molar-refractivity contribution in [2.45, 2.75) is 19.8 Å². The molecule has 6 heteroatoms. The average Bonchev–Trinajstić information content (AvgIpc) is 3.28. The number of hydrogen-bond donors (Lipinski definition) is 2. The van der Waals surface area contributed by atoms with Crippen molar-refractivity contribution in [1.82, 2.24) is 10.4 Å².